The second kappa shape index (κ2) is 4.79. The standard InChI is InChI=1S/C7H9NO3.ClH/c1-10-7(9)6(8)5-2-3-11-4-5;/h2-4,6H,8H2,1H3;1H. The number of halogens is 1. The monoisotopic (exact) mass is 191 g/mol. The molecule has 0 spiro atoms. The van der Waals surface area contributed by atoms with E-state index in [1.165, 1.54) is 19.6 Å². The number of rotatable bonds is 2. The summed E-state index contributed by atoms with van der Waals surface area (Å²) in [6, 6.07) is 0.889. The summed E-state index contributed by atoms with van der Waals surface area (Å²) in [6.07, 6.45) is 2.87. The van der Waals surface area contributed by atoms with Crippen LogP contribution >= 0.6 is 12.4 Å². The molecule has 0 fully saturated rings. The van der Waals surface area contributed by atoms with Gasteiger partial charge in [0.1, 0.15) is 6.04 Å². The molecule has 0 radical (unpaired) electrons. The molecule has 4 nitrogen and oxygen atoms in total. The van der Waals surface area contributed by atoms with Crippen LogP contribution in [0.5, 0.6) is 0 Å². The van der Waals surface area contributed by atoms with Crippen LogP contribution in [0.15, 0.2) is 23.0 Å². The zero-order chi connectivity index (χ0) is 8.27. The summed E-state index contributed by atoms with van der Waals surface area (Å²) in [6.45, 7) is 0. The normalized spacial score (nSPS) is 11.5. The van der Waals surface area contributed by atoms with Gasteiger partial charge < -0.3 is 14.9 Å². The predicted octanol–water partition coefficient (Wildman–Crippen LogP) is 0.874. The van der Waals surface area contributed by atoms with Gasteiger partial charge in [0.15, 0.2) is 0 Å². The molecule has 5 heteroatoms. The molecule has 0 aliphatic heterocycles. The Labute approximate surface area is 76.1 Å². The van der Waals surface area contributed by atoms with E-state index in [1.54, 1.807) is 6.07 Å². The smallest absolute Gasteiger partial charge is 0.327 e. The van der Waals surface area contributed by atoms with E-state index >= 15 is 0 Å². The van der Waals surface area contributed by atoms with Gasteiger partial charge in [-0.1, -0.05) is 0 Å². The number of hydrogen-bond donors (Lipinski definition) is 1. The summed E-state index contributed by atoms with van der Waals surface area (Å²) < 4.78 is 9.17. The van der Waals surface area contributed by atoms with Crippen molar-refractivity contribution in [1.29, 1.82) is 0 Å². The molecular weight excluding hydrogens is 182 g/mol. The van der Waals surface area contributed by atoms with Crippen molar-refractivity contribution < 1.29 is 13.9 Å². The third-order valence-electron chi connectivity index (χ3n) is 1.36. The minimum Gasteiger partial charge on any atom is -0.472 e. The second-order valence-electron chi connectivity index (χ2n) is 2.06. The molecule has 0 aromatic carbocycles. The summed E-state index contributed by atoms with van der Waals surface area (Å²) in [5, 5.41) is 0. The first kappa shape index (κ1) is 11.0. The van der Waals surface area contributed by atoms with Gasteiger partial charge in [-0.25, -0.2) is 0 Å². The first-order chi connectivity index (χ1) is 5.25. The molecule has 0 aliphatic carbocycles. The Morgan fingerprint density at radius 2 is 2.42 bits per heavy atom. The summed E-state index contributed by atoms with van der Waals surface area (Å²) in [4.78, 5) is 10.8. The number of ether oxygens (including phenoxy) is 1. The fourth-order valence-electron chi connectivity index (χ4n) is 0.715. The molecular formula is C7H10ClNO3. The lowest BCUT2D eigenvalue weighted by Gasteiger charge is -2.04. The molecule has 1 atom stereocenters. The summed E-state index contributed by atoms with van der Waals surface area (Å²) >= 11 is 0. The molecule has 2 N–H and O–H groups in total. The van der Waals surface area contributed by atoms with E-state index in [2.05, 4.69) is 4.74 Å². The molecule has 1 unspecified atom stereocenters. The maximum atomic E-state index is 10.8. The average molecular weight is 192 g/mol. The highest BCUT2D eigenvalue weighted by Gasteiger charge is 2.16. The van der Waals surface area contributed by atoms with Crippen LogP contribution in [0.1, 0.15) is 11.6 Å². The number of methoxy groups -OCH3 is 1. The molecule has 1 heterocycles. The number of hydrogen-bond acceptors (Lipinski definition) is 4. The van der Waals surface area contributed by atoms with Crippen LogP contribution < -0.4 is 5.73 Å². The molecule has 0 aliphatic rings. The molecule has 0 bridgehead atoms. The van der Waals surface area contributed by atoms with Crippen LogP contribution in [0.4, 0.5) is 0 Å². The number of carbonyl (C=O) groups is 1. The first-order valence-electron chi connectivity index (χ1n) is 3.11. The van der Waals surface area contributed by atoms with Crippen molar-refractivity contribution >= 4 is 18.4 Å². The van der Waals surface area contributed by atoms with Gasteiger partial charge >= 0.3 is 5.97 Å². The Kier molecular flexibility index (Phi) is 4.39. The largest absolute Gasteiger partial charge is 0.472 e. The number of nitrogens with two attached hydrogens (primary N) is 1. The van der Waals surface area contributed by atoms with Gasteiger partial charge in [-0.3, -0.25) is 4.79 Å². The SMILES string of the molecule is COC(=O)C(N)c1ccoc1.Cl. The topological polar surface area (TPSA) is 65.5 Å². The Morgan fingerprint density at radius 1 is 1.75 bits per heavy atom. The van der Waals surface area contributed by atoms with Crippen LogP contribution in [0.25, 0.3) is 0 Å². The molecule has 0 saturated heterocycles. The minimum absolute atomic E-state index is 0. The Balaban J connectivity index is 0.00000121. The van der Waals surface area contributed by atoms with Crippen LogP contribution in [0, 0.1) is 0 Å². The van der Waals surface area contributed by atoms with Crippen molar-refractivity contribution in [3.8, 4) is 0 Å². The van der Waals surface area contributed by atoms with Crippen molar-refractivity contribution in [3.05, 3.63) is 24.2 Å². The highest BCUT2D eigenvalue weighted by Crippen LogP contribution is 2.10. The van der Waals surface area contributed by atoms with E-state index < -0.39 is 12.0 Å². The minimum atomic E-state index is -0.737. The van der Waals surface area contributed by atoms with Crippen molar-refractivity contribution in [2.75, 3.05) is 7.11 Å². The maximum absolute atomic E-state index is 10.8. The van der Waals surface area contributed by atoms with Crippen molar-refractivity contribution in [2.24, 2.45) is 5.73 Å². The fourth-order valence-corrected chi connectivity index (χ4v) is 0.715. The van der Waals surface area contributed by atoms with E-state index in [0.717, 1.165) is 0 Å². The summed E-state index contributed by atoms with van der Waals surface area (Å²) in [7, 11) is 1.29. The van der Waals surface area contributed by atoms with Gasteiger partial charge in [-0.2, -0.15) is 0 Å². The van der Waals surface area contributed by atoms with Gasteiger partial charge in [-0.05, 0) is 6.07 Å². The second-order valence-corrected chi connectivity index (χ2v) is 2.06. The van der Waals surface area contributed by atoms with Crippen molar-refractivity contribution in [3.63, 3.8) is 0 Å². The van der Waals surface area contributed by atoms with E-state index in [-0.39, 0.29) is 12.4 Å². The number of esters is 1. The zero-order valence-electron chi connectivity index (χ0n) is 6.52. The lowest BCUT2D eigenvalue weighted by molar-refractivity contribution is -0.142. The van der Waals surface area contributed by atoms with Gasteiger partial charge in [0.05, 0.1) is 19.6 Å². The van der Waals surface area contributed by atoms with Crippen molar-refractivity contribution in [1.82, 2.24) is 0 Å². The van der Waals surface area contributed by atoms with Gasteiger partial charge in [0.25, 0.3) is 0 Å². The quantitative estimate of drug-likeness (QED) is 0.705. The summed E-state index contributed by atoms with van der Waals surface area (Å²) in [5.74, 6) is -0.466. The highest BCUT2D eigenvalue weighted by molar-refractivity contribution is 5.85. The van der Waals surface area contributed by atoms with Gasteiger partial charge in [0.2, 0.25) is 0 Å². The van der Waals surface area contributed by atoms with Crippen LogP contribution in [0.3, 0.4) is 0 Å². The van der Waals surface area contributed by atoms with Gasteiger partial charge in [0, 0.05) is 5.56 Å². The molecule has 1 rings (SSSR count). The van der Waals surface area contributed by atoms with Crippen molar-refractivity contribution in [2.45, 2.75) is 6.04 Å². The first-order valence-corrected chi connectivity index (χ1v) is 3.11. The third-order valence-corrected chi connectivity index (χ3v) is 1.36. The third kappa shape index (κ3) is 2.25. The van der Waals surface area contributed by atoms with E-state index in [0.29, 0.717) is 5.56 Å². The highest BCUT2D eigenvalue weighted by atomic mass is 35.5. The Bertz CT molecular complexity index is 235. The maximum Gasteiger partial charge on any atom is 0.327 e. The Hall–Kier alpha value is -1.00. The number of carbonyl (C=O) groups excluding carboxylic acids is 1. The molecule has 12 heavy (non-hydrogen) atoms. The van der Waals surface area contributed by atoms with E-state index in [9.17, 15) is 4.79 Å². The van der Waals surface area contributed by atoms with Gasteiger partial charge in [-0.15, -0.1) is 12.4 Å². The Morgan fingerprint density at radius 3 is 2.83 bits per heavy atom. The number of furan rings is 1. The molecule has 1 aromatic heterocycles. The molecule has 0 amide bonds. The summed E-state index contributed by atoms with van der Waals surface area (Å²) in [5.41, 5.74) is 6.08. The average Bonchev–Trinajstić information content (AvgIpc) is 2.53. The van der Waals surface area contributed by atoms with Crippen LogP contribution in [-0.2, 0) is 9.53 Å². The molecule has 68 valence electrons. The molecule has 1 aromatic rings. The lowest BCUT2D eigenvalue weighted by atomic mass is 10.2. The van der Waals surface area contributed by atoms with E-state index in [1.807, 2.05) is 0 Å². The predicted molar refractivity (Wildman–Crippen MR) is 44.9 cm³/mol. The lowest BCUT2D eigenvalue weighted by Crippen LogP contribution is -2.21. The van der Waals surface area contributed by atoms with Crippen LogP contribution in [0.2, 0.25) is 0 Å². The fraction of sp³-hybridized carbons (Fsp3) is 0.286. The molecule has 0 saturated carbocycles. The zero-order valence-corrected chi connectivity index (χ0v) is 7.34. The van der Waals surface area contributed by atoms with Crippen LogP contribution in [-0.4, -0.2) is 13.1 Å². The van der Waals surface area contributed by atoms with E-state index in [4.69, 9.17) is 10.2 Å².